The van der Waals surface area contributed by atoms with E-state index in [1.54, 1.807) is 0 Å². The van der Waals surface area contributed by atoms with E-state index in [0.717, 1.165) is 169 Å². The molecule has 3 fully saturated rings. The highest BCUT2D eigenvalue weighted by atomic mass is 31.2. The molecule has 3 saturated heterocycles. The minimum atomic E-state index is -6.00. The fraction of sp³-hybridized carbons (Fsp3) is 0.942. The van der Waals surface area contributed by atoms with E-state index in [1.165, 1.54) is 16.4 Å². The molecule has 0 N–H and O–H groups in total. The molecule has 3 heterocycles. The molecule has 3 aliphatic rings. The second-order valence-electron chi connectivity index (χ2n) is 19.0. The summed E-state index contributed by atoms with van der Waals surface area (Å²) in [5.74, 6) is 0. The van der Waals surface area contributed by atoms with Crippen LogP contribution in [0.15, 0.2) is 14.3 Å². The summed E-state index contributed by atoms with van der Waals surface area (Å²) in [5, 5.41) is 0. The molecule has 3 atom stereocenters. The van der Waals surface area contributed by atoms with E-state index in [4.69, 9.17) is 14.3 Å². The van der Waals surface area contributed by atoms with E-state index in [-0.39, 0.29) is 17.0 Å². The largest absolute Gasteiger partial charge is 0.673 e. The van der Waals surface area contributed by atoms with E-state index >= 15 is 0 Å². The monoisotopic (exact) mass is 1130 g/mol. The van der Waals surface area contributed by atoms with Gasteiger partial charge in [0.05, 0.1) is 0 Å². The molecule has 0 radical (unpaired) electrons. The second-order valence-corrected chi connectivity index (χ2v) is 27.9. The van der Waals surface area contributed by atoms with Crippen LogP contribution in [0.4, 0.5) is 17.3 Å². The third kappa shape index (κ3) is 14.8. The van der Waals surface area contributed by atoms with E-state index in [1.807, 2.05) is 0 Å². The average molecular weight is 1130 g/mol. The molecular weight excluding hydrogens is 1020 g/mol. The first-order chi connectivity index (χ1) is 35.3. The minimum Gasteiger partial charge on any atom is -0.418 e. The zero-order valence-corrected chi connectivity index (χ0v) is 54.7. The Labute approximate surface area is 457 Å². The van der Waals surface area contributed by atoms with Crippen LogP contribution < -0.4 is 0 Å². The van der Waals surface area contributed by atoms with Gasteiger partial charge >= 0.3 is 15.1 Å². The van der Waals surface area contributed by atoms with Crippen molar-refractivity contribution in [2.24, 2.45) is 14.3 Å². The van der Waals surface area contributed by atoms with Crippen molar-refractivity contribution in [1.82, 2.24) is 48.1 Å². The van der Waals surface area contributed by atoms with E-state index in [2.05, 4.69) is 187 Å². The van der Waals surface area contributed by atoms with Gasteiger partial charge in [-0.15, -0.1) is 4.67 Å². The predicted molar refractivity (Wildman–Crippen MR) is 326 cm³/mol. The number of halogens is 4. The summed E-state index contributed by atoms with van der Waals surface area (Å²) in [5.41, 5.74) is 3.27. The highest BCUT2D eigenvalue weighted by Crippen LogP contribution is 2.75. The summed E-state index contributed by atoms with van der Waals surface area (Å²) in [7, 11) is -11.5. The van der Waals surface area contributed by atoms with Crippen LogP contribution in [0.25, 0.3) is 0 Å². The van der Waals surface area contributed by atoms with E-state index < -0.39 is 39.3 Å². The van der Waals surface area contributed by atoms with Crippen molar-refractivity contribution < 1.29 is 17.3 Å². The Morgan fingerprint density at radius 2 is 0.514 bits per heavy atom. The maximum absolute atomic E-state index is 9.75. The molecule has 22 heteroatoms. The van der Waals surface area contributed by atoms with Crippen molar-refractivity contribution in [2.75, 3.05) is 149 Å². The van der Waals surface area contributed by atoms with Gasteiger partial charge in [-0.25, -0.2) is 0 Å². The topological polar surface area (TPSA) is 69.5 Å². The zero-order valence-electron chi connectivity index (χ0n) is 51.1. The summed E-state index contributed by atoms with van der Waals surface area (Å²) in [4.78, 5) is 16.9. The van der Waals surface area contributed by atoms with Gasteiger partial charge < -0.3 is 17.3 Å². The molecule has 0 aromatic rings. The molecule has 0 spiro atoms. The molecule has 0 amide bonds. The van der Waals surface area contributed by atoms with Crippen molar-refractivity contribution in [3.8, 4) is 0 Å². The third-order valence-corrected chi connectivity index (χ3v) is 28.3. The zero-order chi connectivity index (χ0) is 56.2. The van der Waals surface area contributed by atoms with Gasteiger partial charge in [-0.2, -0.15) is 0 Å². The summed E-state index contributed by atoms with van der Waals surface area (Å²) in [6, 6.07) is 0. The Bertz CT molecular complexity index is 1450. The molecule has 0 aliphatic carbocycles. The van der Waals surface area contributed by atoms with Gasteiger partial charge in [0, 0.05) is 37.3 Å². The molecule has 0 bridgehead atoms. The van der Waals surface area contributed by atoms with Crippen LogP contribution in [0.5, 0.6) is 0 Å². The van der Waals surface area contributed by atoms with E-state index in [9.17, 15) is 17.3 Å². The lowest BCUT2D eigenvalue weighted by atomic mass is 10.0. The highest BCUT2D eigenvalue weighted by molar-refractivity contribution is 7.81. The minimum absolute atomic E-state index is 0.317. The quantitative estimate of drug-likeness (QED) is 0.0275. The fourth-order valence-electron chi connectivity index (χ4n) is 13.1. The smallest absolute Gasteiger partial charge is 0.418 e. The fourth-order valence-corrected chi connectivity index (χ4v) is 26.3. The molecular formula is C52H112BF4N13P4. The van der Waals surface area contributed by atoms with Crippen LogP contribution >= 0.6 is 32.1 Å². The molecule has 3 unspecified atom stereocenters. The van der Waals surface area contributed by atoms with Gasteiger partial charge in [0.25, 0.3) is 0 Å². The first-order valence-electron chi connectivity index (χ1n) is 29.7. The van der Waals surface area contributed by atoms with Crippen LogP contribution in [-0.2, 0) is 0 Å². The van der Waals surface area contributed by atoms with Crippen LogP contribution in [0.1, 0.15) is 158 Å². The van der Waals surface area contributed by atoms with Gasteiger partial charge in [0.15, 0.2) is 0 Å². The molecule has 0 saturated carbocycles. The average Bonchev–Trinajstić information content (AvgIpc) is 4.05. The molecule has 13 nitrogen and oxygen atoms in total. The lowest BCUT2D eigenvalue weighted by Gasteiger charge is -2.50. The third-order valence-electron chi connectivity index (χ3n) is 16.6. The number of rotatable bonds is 33. The normalized spacial score (nSPS) is 23.6. The molecule has 74 heavy (non-hydrogen) atoms. The van der Waals surface area contributed by atoms with Crippen molar-refractivity contribution >= 4 is 55.7 Å². The second kappa shape index (κ2) is 33.1. The van der Waals surface area contributed by atoms with E-state index in [0.29, 0.717) is 0 Å². The summed E-state index contributed by atoms with van der Waals surface area (Å²) < 4.78 is 70.9. The van der Waals surface area contributed by atoms with Crippen LogP contribution in [0, 0.1) is 0 Å². The lowest BCUT2D eigenvalue weighted by Crippen LogP contribution is -2.64. The first-order valence-corrected chi connectivity index (χ1v) is 35.7. The molecule has 3 rings (SSSR count). The van der Waals surface area contributed by atoms with Gasteiger partial charge in [-0.1, -0.05) is 139 Å². The van der Waals surface area contributed by atoms with Crippen molar-refractivity contribution in [3.63, 3.8) is 0 Å². The maximum atomic E-state index is 9.75. The van der Waals surface area contributed by atoms with Gasteiger partial charge in [0.1, 0.15) is 33.3 Å². The SMILES string of the molecule is CCN(CC)P1CCC(N(CC)CC)(N(CC)CC)C1=N[P+](N=C1P(N(CC)CC)CCC1(N(CC)CC)N(CC)CC)(N=C1P(N(CC)CC)CCC1(N(CC)CC)N(CC)CC)N(CC)CC.F[B-](F)(F)F. The van der Waals surface area contributed by atoms with Gasteiger partial charge in [-0.05, 0) is 169 Å². The summed E-state index contributed by atoms with van der Waals surface area (Å²) >= 11 is 0. The van der Waals surface area contributed by atoms with Crippen molar-refractivity contribution in [2.45, 2.75) is 175 Å². The van der Waals surface area contributed by atoms with Crippen LogP contribution in [0.2, 0.25) is 0 Å². The van der Waals surface area contributed by atoms with Gasteiger partial charge in [-0.3, -0.25) is 43.4 Å². The molecule has 0 aromatic carbocycles. The Morgan fingerprint density at radius 1 is 0.338 bits per heavy atom. The maximum Gasteiger partial charge on any atom is 0.673 e. The number of hydrogen-bond acceptors (Lipinski definition) is 13. The number of nitrogens with zero attached hydrogens (tertiary/aromatic N) is 13. The summed E-state index contributed by atoms with van der Waals surface area (Å²) in [6.07, 6.45) is 6.72. The predicted octanol–water partition coefficient (Wildman–Crippen LogP) is 13.1. The first kappa shape index (κ1) is 70.2. The standard InChI is InChI=1S/C52H112N13P4.BF4/c1-21-56(22-2)50(57(23-3)24-4)41-44-66(62(33-13)34-14)47(50)53-69(65(39-19)40-20,54-48-51(58(25-5)26-6,59(27-7)28-8)42-45-67(48)63(35-15)36-16)55-49-52(60(29-9)30-10,61(31-11)32-12)43-46-68(49)64(37-17)38-18;2-1(3,4)5/h21-46H2,1-20H3;/q+1;-1. The Balaban J connectivity index is 0.00000356. The highest BCUT2D eigenvalue weighted by Gasteiger charge is 2.64. The molecule has 3 aliphatic heterocycles. The van der Waals surface area contributed by atoms with Gasteiger partial charge in [0.2, 0.25) is 0 Å². The Morgan fingerprint density at radius 3 is 0.649 bits per heavy atom. The lowest BCUT2D eigenvalue weighted by molar-refractivity contribution is 0.00871. The number of hydrogen-bond donors (Lipinski definition) is 0. The van der Waals surface area contributed by atoms with Crippen molar-refractivity contribution in [3.05, 3.63) is 0 Å². The van der Waals surface area contributed by atoms with Crippen LogP contribution in [-0.4, -0.2) is 238 Å². The Hall–Kier alpha value is 0.115. The van der Waals surface area contributed by atoms with Crippen molar-refractivity contribution in [1.29, 1.82) is 0 Å². The van der Waals surface area contributed by atoms with Crippen LogP contribution in [0.3, 0.4) is 0 Å². The summed E-state index contributed by atoms with van der Waals surface area (Å²) in [6.45, 7) is 67.5. The molecule has 0 aromatic heterocycles. The Kier molecular flexibility index (Phi) is 31.4. The molecule has 436 valence electrons.